The second-order valence-corrected chi connectivity index (χ2v) is 6.29. The fourth-order valence-electron chi connectivity index (χ4n) is 2.96. The average molecular weight is 327 g/mol. The number of rotatable bonds is 6. The van der Waals surface area contributed by atoms with Gasteiger partial charge in [0.1, 0.15) is 11.6 Å². The van der Waals surface area contributed by atoms with Crippen molar-refractivity contribution in [2.45, 2.75) is 38.6 Å². The number of hydrogen-bond acceptors (Lipinski definition) is 4. The summed E-state index contributed by atoms with van der Waals surface area (Å²) in [7, 11) is 1.72. The van der Waals surface area contributed by atoms with Gasteiger partial charge in [0, 0.05) is 19.8 Å². The molecule has 128 valence electrons. The fraction of sp³-hybridized carbons (Fsp3) is 0.474. The van der Waals surface area contributed by atoms with Crippen LogP contribution in [0, 0.1) is 11.3 Å². The number of carbonyl (C=O) groups excluding carboxylic acids is 1. The van der Waals surface area contributed by atoms with Gasteiger partial charge in [-0.25, -0.2) is 0 Å². The molecule has 5 heteroatoms. The molecule has 0 saturated heterocycles. The number of amides is 1. The number of aliphatic hydroxyl groups is 1. The van der Waals surface area contributed by atoms with Crippen LogP contribution in [0.3, 0.4) is 0 Å². The molecule has 1 aliphatic rings. The molecule has 24 heavy (non-hydrogen) atoms. The molecule has 0 fully saturated rings. The SMILES string of the molecule is CC(NC(=O)/C(C#N)=C\N(C)CCO)c1ccc2c(c1)CCCC2. The van der Waals surface area contributed by atoms with Crippen LogP contribution in [0.1, 0.15) is 42.5 Å². The highest BCUT2D eigenvalue weighted by molar-refractivity contribution is 5.97. The van der Waals surface area contributed by atoms with E-state index in [1.165, 1.54) is 30.2 Å². The summed E-state index contributed by atoms with van der Waals surface area (Å²) in [5.41, 5.74) is 3.88. The largest absolute Gasteiger partial charge is 0.395 e. The van der Waals surface area contributed by atoms with Crippen LogP contribution in [-0.4, -0.2) is 36.1 Å². The topological polar surface area (TPSA) is 76.4 Å². The van der Waals surface area contributed by atoms with Crippen molar-refractivity contribution in [3.63, 3.8) is 0 Å². The number of carbonyl (C=O) groups is 1. The number of nitriles is 1. The maximum absolute atomic E-state index is 12.3. The Balaban J connectivity index is 2.06. The Morgan fingerprint density at radius 2 is 2.12 bits per heavy atom. The first-order chi connectivity index (χ1) is 11.5. The third kappa shape index (κ3) is 4.59. The third-order valence-electron chi connectivity index (χ3n) is 4.39. The van der Waals surface area contributed by atoms with Crippen LogP contribution in [0.4, 0.5) is 0 Å². The molecule has 1 unspecified atom stereocenters. The molecule has 1 aromatic carbocycles. The van der Waals surface area contributed by atoms with Crippen LogP contribution >= 0.6 is 0 Å². The maximum atomic E-state index is 12.3. The highest BCUT2D eigenvalue weighted by Gasteiger charge is 2.16. The van der Waals surface area contributed by atoms with Gasteiger partial charge < -0.3 is 15.3 Å². The van der Waals surface area contributed by atoms with Crippen molar-refractivity contribution in [1.29, 1.82) is 5.26 Å². The van der Waals surface area contributed by atoms with Crippen molar-refractivity contribution in [3.05, 3.63) is 46.7 Å². The summed E-state index contributed by atoms with van der Waals surface area (Å²) in [5, 5.41) is 21.0. The smallest absolute Gasteiger partial charge is 0.263 e. The normalized spacial score (nSPS) is 15.2. The molecule has 0 saturated carbocycles. The molecular weight excluding hydrogens is 302 g/mol. The number of likely N-dealkylation sites (N-methyl/N-ethyl adjacent to an activating group) is 1. The van der Waals surface area contributed by atoms with Crippen molar-refractivity contribution in [2.75, 3.05) is 20.2 Å². The molecular formula is C19H25N3O2. The van der Waals surface area contributed by atoms with E-state index in [0.29, 0.717) is 6.54 Å². The molecule has 1 atom stereocenters. The van der Waals surface area contributed by atoms with Crippen LogP contribution in [0.15, 0.2) is 30.0 Å². The number of nitrogens with zero attached hydrogens (tertiary/aromatic N) is 2. The Kier molecular flexibility index (Phi) is 6.39. The molecule has 1 aromatic rings. The molecule has 0 aromatic heterocycles. The number of hydrogen-bond donors (Lipinski definition) is 2. The van der Waals surface area contributed by atoms with E-state index in [1.54, 1.807) is 11.9 Å². The van der Waals surface area contributed by atoms with Crippen molar-refractivity contribution >= 4 is 5.91 Å². The van der Waals surface area contributed by atoms with Crippen LogP contribution in [0.5, 0.6) is 0 Å². The van der Waals surface area contributed by atoms with Crippen molar-refractivity contribution in [1.82, 2.24) is 10.2 Å². The van der Waals surface area contributed by atoms with E-state index in [4.69, 9.17) is 5.11 Å². The maximum Gasteiger partial charge on any atom is 0.263 e. The first-order valence-electron chi connectivity index (χ1n) is 8.40. The van der Waals surface area contributed by atoms with Gasteiger partial charge >= 0.3 is 0 Å². The summed E-state index contributed by atoms with van der Waals surface area (Å²) in [6.07, 6.45) is 6.16. The number of aryl methyl sites for hydroxylation is 2. The van der Waals surface area contributed by atoms with Gasteiger partial charge in [0.2, 0.25) is 0 Å². The average Bonchev–Trinajstić information content (AvgIpc) is 2.59. The predicted octanol–water partition coefficient (Wildman–Crippen LogP) is 2.07. The molecule has 1 amide bonds. The number of nitrogens with one attached hydrogen (secondary N) is 1. The monoisotopic (exact) mass is 327 g/mol. The summed E-state index contributed by atoms with van der Waals surface area (Å²) in [4.78, 5) is 13.9. The first-order valence-corrected chi connectivity index (χ1v) is 8.40. The quantitative estimate of drug-likeness (QED) is 0.619. The highest BCUT2D eigenvalue weighted by Crippen LogP contribution is 2.24. The number of benzene rings is 1. The molecule has 0 aliphatic heterocycles. The molecule has 5 nitrogen and oxygen atoms in total. The lowest BCUT2D eigenvalue weighted by Crippen LogP contribution is -2.29. The van der Waals surface area contributed by atoms with E-state index >= 15 is 0 Å². The summed E-state index contributed by atoms with van der Waals surface area (Å²) < 4.78 is 0. The standard InChI is InChI=1S/C19H25N3O2/c1-14(16-8-7-15-5-3-4-6-17(15)11-16)21-19(24)18(12-20)13-22(2)9-10-23/h7-8,11,13-14,23H,3-6,9-10H2,1-2H3,(H,21,24)/b18-13-. The molecule has 0 heterocycles. The zero-order valence-electron chi connectivity index (χ0n) is 14.4. The summed E-state index contributed by atoms with van der Waals surface area (Å²) in [6.45, 7) is 2.27. The Hall–Kier alpha value is -2.32. The second kappa shape index (κ2) is 8.51. The van der Waals surface area contributed by atoms with Crippen LogP contribution < -0.4 is 5.32 Å². The number of aliphatic hydroxyl groups excluding tert-OH is 1. The van der Waals surface area contributed by atoms with E-state index < -0.39 is 5.91 Å². The van der Waals surface area contributed by atoms with E-state index in [-0.39, 0.29) is 18.2 Å². The second-order valence-electron chi connectivity index (χ2n) is 6.29. The first kappa shape index (κ1) is 18.0. The molecule has 2 rings (SSSR count). The fourth-order valence-corrected chi connectivity index (χ4v) is 2.96. The molecule has 1 aliphatic carbocycles. The summed E-state index contributed by atoms with van der Waals surface area (Å²) in [5.74, 6) is -0.396. The number of fused-ring (bicyclic) bond motifs is 1. The van der Waals surface area contributed by atoms with Crippen molar-refractivity contribution < 1.29 is 9.90 Å². The van der Waals surface area contributed by atoms with Gasteiger partial charge in [-0.2, -0.15) is 5.26 Å². The minimum absolute atomic E-state index is 0.0289. The Bertz CT molecular complexity index is 661. The van der Waals surface area contributed by atoms with Crippen molar-refractivity contribution in [2.24, 2.45) is 0 Å². The van der Waals surface area contributed by atoms with Gasteiger partial charge in [-0.3, -0.25) is 4.79 Å². The van der Waals surface area contributed by atoms with Crippen LogP contribution in [-0.2, 0) is 17.6 Å². The zero-order valence-corrected chi connectivity index (χ0v) is 14.4. The molecule has 0 bridgehead atoms. The van der Waals surface area contributed by atoms with E-state index in [1.807, 2.05) is 13.0 Å². The van der Waals surface area contributed by atoms with Crippen molar-refractivity contribution in [3.8, 4) is 6.07 Å². The lowest BCUT2D eigenvalue weighted by atomic mass is 9.89. The lowest BCUT2D eigenvalue weighted by Gasteiger charge is -2.20. The van der Waals surface area contributed by atoms with Gasteiger partial charge in [0.05, 0.1) is 12.6 Å². The van der Waals surface area contributed by atoms with Gasteiger partial charge in [0.15, 0.2) is 0 Å². The van der Waals surface area contributed by atoms with Crippen LogP contribution in [0.2, 0.25) is 0 Å². The van der Waals surface area contributed by atoms with Crippen LogP contribution in [0.25, 0.3) is 0 Å². The highest BCUT2D eigenvalue weighted by atomic mass is 16.3. The zero-order chi connectivity index (χ0) is 17.5. The Labute approximate surface area is 143 Å². The molecule has 0 radical (unpaired) electrons. The summed E-state index contributed by atoms with van der Waals surface area (Å²) >= 11 is 0. The van der Waals surface area contributed by atoms with E-state index in [0.717, 1.165) is 18.4 Å². The minimum atomic E-state index is -0.396. The van der Waals surface area contributed by atoms with Gasteiger partial charge in [0.25, 0.3) is 5.91 Å². The lowest BCUT2D eigenvalue weighted by molar-refractivity contribution is -0.117. The Morgan fingerprint density at radius 1 is 1.42 bits per heavy atom. The minimum Gasteiger partial charge on any atom is -0.395 e. The van der Waals surface area contributed by atoms with E-state index in [9.17, 15) is 10.1 Å². The molecule has 0 spiro atoms. The van der Waals surface area contributed by atoms with Gasteiger partial charge in [-0.15, -0.1) is 0 Å². The summed E-state index contributed by atoms with van der Waals surface area (Å²) in [6, 6.07) is 8.15. The Morgan fingerprint density at radius 3 is 2.79 bits per heavy atom. The predicted molar refractivity (Wildman–Crippen MR) is 93.1 cm³/mol. The van der Waals surface area contributed by atoms with Gasteiger partial charge in [-0.1, -0.05) is 18.2 Å². The van der Waals surface area contributed by atoms with E-state index in [2.05, 4.69) is 23.5 Å². The molecule has 2 N–H and O–H groups in total. The van der Waals surface area contributed by atoms with Gasteiger partial charge in [-0.05, 0) is 49.3 Å². The third-order valence-corrected chi connectivity index (χ3v) is 4.39.